The Balaban J connectivity index is 1.51. The first-order valence-electron chi connectivity index (χ1n) is 15.0. The predicted molar refractivity (Wildman–Crippen MR) is 181 cm³/mol. The number of nitrogens with zero attached hydrogens (tertiary/aromatic N) is 3. The van der Waals surface area contributed by atoms with Gasteiger partial charge in [-0.1, -0.05) is 48.0 Å². The molecule has 1 N–H and O–H groups in total. The number of benzene rings is 5. The molecule has 1 heterocycles. The number of carbonyl (C=O) groups excluding carboxylic acids is 1. The van der Waals surface area contributed by atoms with Crippen molar-refractivity contribution < 1.29 is 22.9 Å². The second kappa shape index (κ2) is 13.0. The topological polar surface area (TPSA) is 122 Å². The Morgan fingerprint density at radius 3 is 2.19 bits per heavy atom. The summed E-state index contributed by atoms with van der Waals surface area (Å²) in [6.07, 6.45) is -0.734. The van der Waals surface area contributed by atoms with Crippen molar-refractivity contribution >= 4 is 38.7 Å². The molecule has 11 heteroatoms. The van der Waals surface area contributed by atoms with E-state index in [1.807, 2.05) is 61.2 Å². The van der Waals surface area contributed by atoms with Crippen LogP contribution in [0.1, 0.15) is 40.1 Å². The molecule has 0 aromatic heterocycles. The van der Waals surface area contributed by atoms with Gasteiger partial charge >= 0.3 is 0 Å². The molecule has 47 heavy (non-hydrogen) atoms. The van der Waals surface area contributed by atoms with Gasteiger partial charge in [-0.15, -0.1) is 0 Å². The molecule has 0 fully saturated rings. The Labute approximate surface area is 273 Å². The van der Waals surface area contributed by atoms with Gasteiger partial charge in [-0.05, 0) is 91.7 Å². The van der Waals surface area contributed by atoms with E-state index in [2.05, 4.69) is 4.72 Å². The van der Waals surface area contributed by atoms with Crippen LogP contribution in [0.4, 0.5) is 22.7 Å². The number of aryl methyl sites for hydroxylation is 1. The van der Waals surface area contributed by atoms with E-state index in [4.69, 9.17) is 4.74 Å². The molecular formula is C36H32N4O6S. The number of hydrogen-bond donors (Lipinski definition) is 1. The molecule has 0 unspecified atom stereocenters. The van der Waals surface area contributed by atoms with Crippen molar-refractivity contribution in [3.05, 3.63) is 154 Å². The lowest BCUT2D eigenvalue weighted by Crippen LogP contribution is -2.49. The van der Waals surface area contributed by atoms with Crippen LogP contribution in [0.2, 0.25) is 0 Å². The number of nitrogens with one attached hydrogen (secondary N) is 1. The summed E-state index contributed by atoms with van der Waals surface area (Å²) >= 11 is 0. The van der Waals surface area contributed by atoms with Crippen LogP contribution in [0.3, 0.4) is 0 Å². The van der Waals surface area contributed by atoms with Crippen LogP contribution in [0.15, 0.2) is 126 Å². The molecule has 5 aromatic carbocycles. The van der Waals surface area contributed by atoms with Crippen LogP contribution in [0.25, 0.3) is 0 Å². The molecule has 238 valence electrons. The number of hydrogen-bond acceptors (Lipinski definition) is 7. The highest BCUT2D eigenvalue weighted by Crippen LogP contribution is 2.43. The van der Waals surface area contributed by atoms with Gasteiger partial charge < -0.3 is 9.64 Å². The van der Waals surface area contributed by atoms with E-state index in [0.29, 0.717) is 41.5 Å². The molecular weight excluding hydrogens is 616 g/mol. The van der Waals surface area contributed by atoms with Crippen molar-refractivity contribution in [3.63, 3.8) is 0 Å². The zero-order valence-electron chi connectivity index (χ0n) is 25.7. The van der Waals surface area contributed by atoms with Crippen molar-refractivity contribution in [3.8, 4) is 5.75 Å². The number of ether oxygens (including phenoxy) is 1. The lowest BCUT2D eigenvalue weighted by atomic mass is 9.99. The number of carbonyl (C=O) groups is 1. The number of fused-ring (bicyclic) bond motifs is 1. The van der Waals surface area contributed by atoms with Crippen LogP contribution in [-0.2, 0) is 16.6 Å². The fourth-order valence-corrected chi connectivity index (χ4v) is 6.71. The average molecular weight is 649 g/mol. The summed E-state index contributed by atoms with van der Waals surface area (Å²) in [7, 11) is -4.05. The Bertz CT molecular complexity index is 2020. The first-order chi connectivity index (χ1) is 22.6. The van der Waals surface area contributed by atoms with Crippen LogP contribution < -0.4 is 19.3 Å². The Kier molecular flexibility index (Phi) is 8.64. The molecule has 1 aliphatic rings. The summed E-state index contributed by atoms with van der Waals surface area (Å²) in [5.74, 6) is 0.203. The lowest BCUT2D eigenvalue weighted by Gasteiger charge is -2.46. The van der Waals surface area contributed by atoms with Crippen molar-refractivity contribution in [2.45, 2.75) is 31.5 Å². The first-order valence-corrected chi connectivity index (χ1v) is 16.5. The zero-order valence-corrected chi connectivity index (χ0v) is 26.6. The quantitative estimate of drug-likeness (QED) is 0.123. The van der Waals surface area contributed by atoms with Gasteiger partial charge in [0.15, 0.2) is 0 Å². The highest BCUT2D eigenvalue weighted by atomic mass is 32.2. The lowest BCUT2D eigenvalue weighted by molar-refractivity contribution is -0.384. The van der Waals surface area contributed by atoms with Gasteiger partial charge in [0.2, 0.25) is 0 Å². The second-order valence-corrected chi connectivity index (χ2v) is 12.8. The zero-order chi connectivity index (χ0) is 33.1. The highest BCUT2D eigenvalue weighted by molar-refractivity contribution is 7.92. The smallest absolute Gasteiger partial charge is 0.269 e. The minimum Gasteiger partial charge on any atom is -0.494 e. The third kappa shape index (κ3) is 6.52. The predicted octanol–water partition coefficient (Wildman–Crippen LogP) is 7.47. The molecule has 1 atom stereocenters. The average Bonchev–Trinajstić information content (AvgIpc) is 3.08. The molecule has 1 aliphatic heterocycles. The Morgan fingerprint density at radius 1 is 0.872 bits per heavy atom. The van der Waals surface area contributed by atoms with Gasteiger partial charge in [-0.3, -0.25) is 24.5 Å². The van der Waals surface area contributed by atoms with Crippen molar-refractivity contribution in [1.82, 2.24) is 0 Å². The van der Waals surface area contributed by atoms with Gasteiger partial charge in [0.25, 0.3) is 21.6 Å². The molecule has 0 saturated carbocycles. The molecule has 0 bridgehead atoms. The molecule has 0 spiro atoms. The van der Waals surface area contributed by atoms with Crippen molar-refractivity contribution in [2.75, 3.05) is 21.1 Å². The fraction of sp³-hybridized carbons (Fsp3) is 0.139. The number of nitro benzene ring substituents is 1. The van der Waals surface area contributed by atoms with E-state index in [-0.39, 0.29) is 16.1 Å². The maximum Gasteiger partial charge on any atom is 0.269 e. The van der Waals surface area contributed by atoms with Crippen molar-refractivity contribution in [1.29, 1.82) is 0 Å². The van der Waals surface area contributed by atoms with Gasteiger partial charge in [-0.2, -0.15) is 0 Å². The summed E-state index contributed by atoms with van der Waals surface area (Å²) in [6, 6.07) is 34.4. The van der Waals surface area contributed by atoms with Crippen LogP contribution >= 0.6 is 0 Å². The molecule has 6 rings (SSSR count). The van der Waals surface area contributed by atoms with Gasteiger partial charge in [0.1, 0.15) is 11.9 Å². The van der Waals surface area contributed by atoms with E-state index < -0.39 is 27.0 Å². The maximum atomic E-state index is 14.6. The SMILES string of the molecule is CCOc1ccc(N2C(=O)c3cc(S(=O)(=O)Nc4ccc(C)cc4)ccc3N(Cc3ccccc3)[C@@H]2c2ccc([N+](=O)[O-])cc2)cc1. The summed E-state index contributed by atoms with van der Waals surface area (Å²) in [4.78, 5) is 29.2. The molecule has 0 aliphatic carbocycles. The van der Waals surface area contributed by atoms with Crippen LogP contribution in [0, 0.1) is 17.0 Å². The number of non-ortho nitro benzene ring substituents is 1. The van der Waals surface area contributed by atoms with E-state index in [9.17, 15) is 23.3 Å². The third-order valence-corrected chi connectivity index (χ3v) is 9.28. The van der Waals surface area contributed by atoms with E-state index in [0.717, 1.165) is 11.1 Å². The minimum absolute atomic E-state index is 0.0646. The molecule has 0 radical (unpaired) electrons. The normalized spacial score (nSPS) is 14.4. The van der Waals surface area contributed by atoms with Gasteiger partial charge in [0.05, 0.1) is 27.7 Å². The summed E-state index contributed by atoms with van der Waals surface area (Å²) < 4.78 is 35.4. The molecule has 5 aromatic rings. The second-order valence-electron chi connectivity index (χ2n) is 11.1. The summed E-state index contributed by atoms with van der Waals surface area (Å²) in [6.45, 7) is 4.61. The first kappa shape index (κ1) is 31.3. The monoisotopic (exact) mass is 648 g/mol. The van der Waals surface area contributed by atoms with Crippen LogP contribution in [-0.4, -0.2) is 25.9 Å². The largest absolute Gasteiger partial charge is 0.494 e. The Hall–Kier alpha value is -5.68. The third-order valence-electron chi connectivity index (χ3n) is 7.90. The van der Waals surface area contributed by atoms with Gasteiger partial charge in [0, 0.05) is 30.1 Å². The van der Waals surface area contributed by atoms with Gasteiger partial charge in [-0.25, -0.2) is 8.42 Å². The standard InChI is InChI=1S/C36H32N4O6S/c1-3-46-31-19-17-29(18-20-31)39-35(27-11-15-30(16-12-27)40(42)43)38(24-26-7-5-4-6-8-26)34-22-21-32(23-33(34)36(39)41)47(44,45)37-28-13-9-25(2)10-14-28/h4-23,35,37H,3,24H2,1-2H3/t35-/m0/s1. The number of nitro groups is 1. The summed E-state index contributed by atoms with van der Waals surface area (Å²) in [5, 5.41) is 11.5. The van der Waals surface area contributed by atoms with Crippen molar-refractivity contribution in [2.24, 2.45) is 0 Å². The number of amides is 1. The van der Waals surface area contributed by atoms with Crippen LogP contribution in [0.5, 0.6) is 5.75 Å². The number of sulfonamides is 1. The van der Waals surface area contributed by atoms with E-state index in [1.54, 1.807) is 59.5 Å². The number of anilines is 3. The molecule has 1 amide bonds. The van der Waals surface area contributed by atoms with E-state index in [1.165, 1.54) is 24.3 Å². The van der Waals surface area contributed by atoms with E-state index >= 15 is 0 Å². The Morgan fingerprint density at radius 2 is 1.55 bits per heavy atom. The highest BCUT2D eigenvalue weighted by Gasteiger charge is 2.40. The molecule has 10 nitrogen and oxygen atoms in total. The molecule has 0 saturated heterocycles. The minimum atomic E-state index is -4.05. The maximum absolute atomic E-state index is 14.6. The number of rotatable bonds is 10. The fourth-order valence-electron chi connectivity index (χ4n) is 5.63. The summed E-state index contributed by atoms with van der Waals surface area (Å²) in [5.41, 5.74) is 4.16.